The fourth-order valence-corrected chi connectivity index (χ4v) is 5.33. The first-order valence-electron chi connectivity index (χ1n) is 7.25. The number of fused-ring (bicyclic) bond motifs is 1. The van der Waals surface area contributed by atoms with Gasteiger partial charge in [-0.1, -0.05) is 6.07 Å². The number of piperazine rings is 1. The standard InChI is InChI=1S/C14H19N3O4S/c18-8-14(19)17-6-5-16(7-11-3-1-2-4-15-11)12-9-22(20,21)10-13(12)17/h1-4,12-13,18H,5-10H2/t12-,13+/m1/s1. The van der Waals surface area contributed by atoms with Crippen molar-refractivity contribution in [3.8, 4) is 0 Å². The average Bonchev–Trinajstić information content (AvgIpc) is 2.83. The van der Waals surface area contributed by atoms with Crippen molar-refractivity contribution in [2.45, 2.75) is 18.6 Å². The van der Waals surface area contributed by atoms with Crippen molar-refractivity contribution in [3.05, 3.63) is 30.1 Å². The van der Waals surface area contributed by atoms with Crippen LogP contribution in [0.15, 0.2) is 24.4 Å². The largest absolute Gasteiger partial charge is 0.387 e. The molecule has 8 heteroatoms. The van der Waals surface area contributed by atoms with E-state index in [1.165, 1.54) is 4.90 Å². The summed E-state index contributed by atoms with van der Waals surface area (Å²) in [6.45, 7) is 1.00. The second kappa shape index (κ2) is 5.94. The highest BCUT2D eigenvalue weighted by atomic mass is 32.2. The molecule has 3 heterocycles. The summed E-state index contributed by atoms with van der Waals surface area (Å²) < 4.78 is 24.0. The maximum atomic E-state index is 12.0. The minimum atomic E-state index is -3.17. The van der Waals surface area contributed by atoms with Crippen LogP contribution >= 0.6 is 0 Å². The van der Waals surface area contributed by atoms with Crippen molar-refractivity contribution >= 4 is 15.7 Å². The Kier molecular flexibility index (Phi) is 4.16. The first-order chi connectivity index (χ1) is 10.5. The first-order valence-corrected chi connectivity index (χ1v) is 9.07. The fraction of sp³-hybridized carbons (Fsp3) is 0.571. The van der Waals surface area contributed by atoms with E-state index in [4.69, 9.17) is 5.11 Å². The molecule has 120 valence electrons. The van der Waals surface area contributed by atoms with Crippen molar-refractivity contribution in [3.63, 3.8) is 0 Å². The Morgan fingerprint density at radius 3 is 2.73 bits per heavy atom. The molecule has 1 aromatic heterocycles. The van der Waals surface area contributed by atoms with Gasteiger partial charge in [0.2, 0.25) is 5.91 Å². The molecular formula is C14H19N3O4S. The molecule has 2 saturated heterocycles. The Morgan fingerprint density at radius 2 is 2.05 bits per heavy atom. The first kappa shape index (κ1) is 15.4. The van der Waals surface area contributed by atoms with Crippen LogP contribution < -0.4 is 0 Å². The lowest BCUT2D eigenvalue weighted by atomic mass is 10.0. The zero-order chi connectivity index (χ0) is 15.7. The van der Waals surface area contributed by atoms with Crippen molar-refractivity contribution in [1.82, 2.24) is 14.8 Å². The normalized spacial score (nSPS) is 27.6. The quantitative estimate of drug-likeness (QED) is 0.757. The topological polar surface area (TPSA) is 90.8 Å². The van der Waals surface area contributed by atoms with Gasteiger partial charge >= 0.3 is 0 Å². The van der Waals surface area contributed by atoms with Crippen LogP contribution in [0.2, 0.25) is 0 Å². The Balaban J connectivity index is 1.82. The Morgan fingerprint density at radius 1 is 1.27 bits per heavy atom. The van der Waals surface area contributed by atoms with E-state index in [9.17, 15) is 13.2 Å². The second-order valence-electron chi connectivity index (χ2n) is 5.75. The van der Waals surface area contributed by atoms with Crippen LogP contribution in [-0.4, -0.2) is 77.5 Å². The number of aromatic nitrogens is 1. The smallest absolute Gasteiger partial charge is 0.248 e. The highest BCUT2D eigenvalue weighted by Gasteiger charge is 2.47. The predicted molar refractivity (Wildman–Crippen MR) is 79.7 cm³/mol. The lowest BCUT2D eigenvalue weighted by Crippen LogP contribution is -2.60. The van der Waals surface area contributed by atoms with Crippen LogP contribution in [0.25, 0.3) is 0 Å². The minimum absolute atomic E-state index is 0.0257. The van der Waals surface area contributed by atoms with Crippen LogP contribution in [0, 0.1) is 0 Å². The van der Waals surface area contributed by atoms with Crippen molar-refractivity contribution < 1.29 is 18.3 Å². The molecule has 0 radical (unpaired) electrons. The lowest BCUT2D eigenvalue weighted by Gasteiger charge is -2.43. The Bertz CT molecular complexity index is 649. The summed E-state index contributed by atoms with van der Waals surface area (Å²) in [5, 5.41) is 9.07. The van der Waals surface area contributed by atoms with E-state index < -0.39 is 22.4 Å². The molecule has 2 fully saturated rings. The molecular weight excluding hydrogens is 306 g/mol. The molecule has 0 bridgehead atoms. The number of hydrogen-bond donors (Lipinski definition) is 1. The van der Waals surface area contributed by atoms with E-state index in [0.717, 1.165) is 5.69 Å². The third-order valence-electron chi connectivity index (χ3n) is 4.34. The van der Waals surface area contributed by atoms with Gasteiger partial charge in [-0.25, -0.2) is 8.42 Å². The Labute approximate surface area is 129 Å². The molecule has 0 unspecified atom stereocenters. The van der Waals surface area contributed by atoms with Crippen LogP contribution in [0.1, 0.15) is 5.69 Å². The van der Waals surface area contributed by atoms with Crippen molar-refractivity contribution in [1.29, 1.82) is 0 Å². The van der Waals surface area contributed by atoms with Gasteiger partial charge in [-0.3, -0.25) is 14.7 Å². The maximum absolute atomic E-state index is 12.0. The number of pyridine rings is 1. The summed E-state index contributed by atoms with van der Waals surface area (Å²) >= 11 is 0. The summed E-state index contributed by atoms with van der Waals surface area (Å²) in [6.07, 6.45) is 1.71. The van der Waals surface area contributed by atoms with E-state index >= 15 is 0 Å². The molecule has 7 nitrogen and oxygen atoms in total. The van der Waals surface area contributed by atoms with Crippen LogP contribution in [-0.2, 0) is 21.2 Å². The highest BCUT2D eigenvalue weighted by Crippen LogP contribution is 2.28. The molecule has 2 aliphatic rings. The van der Waals surface area contributed by atoms with Crippen molar-refractivity contribution in [2.75, 3.05) is 31.2 Å². The third kappa shape index (κ3) is 2.99. The molecule has 2 atom stereocenters. The number of sulfone groups is 1. The molecule has 1 aromatic rings. The molecule has 22 heavy (non-hydrogen) atoms. The van der Waals surface area contributed by atoms with Gasteiger partial charge in [-0.05, 0) is 12.1 Å². The van der Waals surface area contributed by atoms with Gasteiger partial charge in [0, 0.05) is 31.9 Å². The summed E-state index contributed by atoms with van der Waals surface area (Å²) in [4.78, 5) is 19.7. The van der Waals surface area contributed by atoms with Gasteiger partial charge < -0.3 is 10.0 Å². The molecule has 0 saturated carbocycles. The number of aliphatic hydroxyl groups excluding tert-OH is 1. The minimum Gasteiger partial charge on any atom is -0.387 e. The SMILES string of the molecule is O=C(CO)N1CCN(Cc2ccccn2)[C@@H]2CS(=O)(=O)C[C@@H]21. The maximum Gasteiger partial charge on any atom is 0.248 e. The van der Waals surface area contributed by atoms with Gasteiger partial charge in [0.15, 0.2) is 9.84 Å². The molecule has 3 rings (SSSR count). The molecule has 1 N–H and O–H groups in total. The van der Waals surface area contributed by atoms with Gasteiger partial charge in [-0.2, -0.15) is 0 Å². The summed E-state index contributed by atoms with van der Waals surface area (Å²) in [7, 11) is -3.17. The van der Waals surface area contributed by atoms with Crippen LogP contribution in [0.5, 0.6) is 0 Å². The molecule has 1 amide bonds. The van der Waals surface area contributed by atoms with Gasteiger partial charge in [0.25, 0.3) is 0 Å². The van der Waals surface area contributed by atoms with Gasteiger partial charge in [0.1, 0.15) is 6.61 Å². The zero-order valence-corrected chi connectivity index (χ0v) is 12.9. The summed E-state index contributed by atoms with van der Waals surface area (Å²) in [5.74, 6) is -0.369. The highest BCUT2D eigenvalue weighted by molar-refractivity contribution is 7.91. The monoisotopic (exact) mass is 325 g/mol. The number of aliphatic hydroxyl groups is 1. The van der Waals surface area contributed by atoms with Gasteiger partial charge in [-0.15, -0.1) is 0 Å². The van der Waals surface area contributed by atoms with E-state index in [1.54, 1.807) is 6.20 Å². The summed E-state index contributed by atoms with van der Waals surface area (Å²) in [6, 6.07) is 5.04. The van der Waals surface area contributed by atoms with E-state index in [0.29, 0.717) is 19.6 Å². The molecule has 0 spiro atoms. The lowest BCUT2D eigenvalue weighted by molar-refractivity contribution is -0.140. The number of hydrogen-bond acceptors (Lipinski definition) is 6. The summed E-state index contributed by atoms with van der Waals surface area (Å²) in [5.41, 5.74) is 0.882. The molecule has 2 aliphatic heterocycles. The molecule has 0 aliphatic carbocycles. The predicted octanol–water partition coefficient (Wildman–Crippen LogP) is -1.12. The number of nitrogens with zero attached hydrogens (tertiary/aromatic N) is 3. The van der Waals surface area contributed by atoms with Crippen LogP contribution in [0.3, 0.4) is 0 Å². The third-order valence-corrected chi connectivity index (χ3v) is 6.04. The number of carbonyl (C=O) groups excluding carboxylic acids is 1. The van der Waals surface area contributed by atoms with Crippen molar-refractivity contribution in [2.24, 2.45) is 0 Å². The number of amides is 1. The van der Waals surface area contributed by atoms with Gasteiger partial charge in [0.05, 0.1) is 23.2 Å². The van der Waals surface area contributed by atoms with E-state index in [2.05, 4.69) is 9.88 Å². The molecule has 0 aromatic carbocycles. The Hall–Kier alpha value is -1.51. The number of carbonyl (C=O) groups is 1. The van der Waals surface area contributed by atoms with E-state index in [1.807, 2.05) is 18.2 Å². The average molecular weight is 325 g/mol. The second-order valence-corrected chi connectivity index (χ2v) is 7.90. The number of rotatable bonds is 3. The fourth-order valence-electron chi connectivity index (χ4n) is 3.32. The van der Waals surface area contributed by atoms with E-state index in [-0.39, 0.29) is 23.6 Å². The van der Waals surface area contributed by atoms with Crippen LogP contribution in [0.4, 0.5) is 0 Å². The zero-order valence-electron chi connectivity index (χ0n) is 12.1.